The molecule has 2 rings (SSSR count). The molecule has 0 aliphatic heterocycles. The molecule has 0 unspecified atom stereocenters. The first-order valence-corrected chi connectivity index (χ1v) is 7.72. The molecule has 0 fully saturated rings. The number of carbonyl (C=O) groups is 3. The van der Waals surface area contributed by atoms with E-state index in [9.17, 15) is 14.4 Å². The number of carbonyl (C=O) groups excluding carboxylic acids is 3. The van der Waals surface area contributed by atoms with Gasteiger partial charge in [0.15, 0.2) is 12.4 Å². The molecule has 2 amide bonds. The molecule has 1 aromatic heterocycles. The highest BCUT2D eigenvalue weighted by atomic mass is 16.5. The van der Waals surface area contributed by atoms with Gasteiger partial charge in [0, 0.05) is 12.6 Å². The molecule has 0 spiro atoms. The largest absolute Gasteiger partial charge is 0.484 e. The van der Waals surface area contributed by atoms with Gasteiger partial charge in [-0.2, -0.15) is 0 Å². The monoisotopic (exact) mass is 344 g/mol. The van der Waals surface area contributed by atoms with Crippen molar-refractivity contribution in [2.75, 3.05) is 20.2 Å². The van der Waals surface area contributed by atoms with E-state index in [4.69, 9.17) is 9.15 Å². The van der Waals surface area contributed by atoms with Gasteiger partial charge in [-0.25, -0.2) is 0 Å². The average molecular weight is 344 g/mol. The van der Waals surface area contributed by atoms with Gasteiger partial charge in [0.1, 0.15) is 11.5 Å². The van der Waals surface area contributed by atoms with Gasteiger partial charge >= 0.3 is 0 Å². The summed E-state index contributed by atoms with van der Waals surface area (Å²) in [5, 5.41) is 2.66. The van der Waals surface area contributed by atoms with Crippen LogP contribution in [-0.4, -0.2) is 42.7 Å². The summed E-state index contributed by atoms with van der Waals surface area (Å²) < 4.78 is 10.5. The summed E-state index contributed by atoms with van der Waals surface area (Å²) in [6, 6.07) is 10.1. The second-order valence-corrected chi connectivity index (χ2v) is 5.48. The molecule has 132 valence electrons. The summed E-state index contributed by atoms with van der Waals surface area (Å²) >= 11 is 0. The van der Waals surface area contributed by atoms with Gasteiger partial charge in [-0.15, -0.1) is 0 Å². The number of ketones is 1. The Bertz CT molecular complexity index is 740. The minimum Gasteiger partial charge on any atom is -0.484 e. The molecule has 1 heterocycles. The molecule has 0 aliphatic carbocycles. The highest BCUT2D eigenvalue weighted by molar-refractivity contribution is 5.94. The van der Waals surface area contributed by atoms with Crippen LogP contribution in [0.25, 0.3) is 0 Å². The van der Waals surface area contributed by atoms with Gasteiger partial charge in [0.25, 0.3) is 5.91 Å². The van der Waals surface area contributed by atoms with Crippen LogP contribution < -0.4 is 10.1 Å². The second kappa shape index (κ2) is 8.68. The maximum absolute atomic E-state index is 12.0. The molecule has 0 aliphatic rings. The molecule has 0 saturated carbocycles. The molecule has 2 aromatic rings. The van der Waals surface area contributed by atoms with E-state index in [1.165, 1.54) is 25.1 Å². The Labute approximate surface area is 145 Å². The number of furan rings is 1. The fourth-order valence-electron chi connectivity index (χ4n) is 2.02. The molecule has 1 N–H and O–H groups in total. The highest BCUT2D eigenvalue weighted by Crippen LogP contribution is 2.13. The normalized spacial score (nSPS) is 10.2. The first kappa shape index (κ1) is 18.3. The Morgan fingerprint density at radius 2 is 2.00 bits per heavy atom. The third-order valence-electron chi connectivity index (χ3n) is 3.45. The zero-order valence-electron chi connectivity index (χ0n) is 14.2. The lowest BCUT2D eigenvalue weighted by atomic mass is 10.1. The topological polar surface area (TPSA) is 88.9 Å². The second-order valence-electron chi connectivity index (χ2n) is 5.48. The predicted octanol–water partition coefficient (Wildman–Crippen LogP) is 1.64. The number of hydrogen-bond donors (Lipinski definition) is 1. The maximum Gasteiger partial charge on any atom is 0.260 e. The number of Topliss-reactive ketones (excluding diaryl/α,β-unsaturated/α-hetero) is 1. The number of amides is 2. The third kappa shape index (κ3) is 5.80. The molecule has 1 aromatic carbocycles. The maximum atomic E-state index is 12.0. The van der Waals surface area contributed by atoms with Gasteiger partial charge < -0.3 is 19.4 Å². The Balaban J connectivity index is 1.76. The van der Waals surface area contributed by atoms with E-state index in [2.05, 4.69) is 5.32 Å². The van der Waals surface area contributed by atoms with E-state index in [1.807, 2.05) is 0 Å². The third-order valence-corrected chi connectivity index (χ3v) is 3.45. The predicted molar refractivity (Wildman–Crippen MR) is 90.1 cm³/mol. The van der Waals surface area contributed by atoms with Crippen LogP contribution >= 0.6 is 0 Å². The lowest BCUT2D eigenvalue weighted by Gasteiger charge is -2.17. The van der Waals surface area contributed by atoms with Crippen molar-refractivity contribution >= 4 is 17.6 Å². The Morgan fingerprint density at radius 3 is 2.68 bits per heavy atom. The number of benzene rings is 1. The molecule has 25 heavy (non-hydrogen) atoms. The minimum atomic E-state index is -0.346. The van der Waals surface area contributed by atoms with Crippen LogP contribution in [0.3, 0.4) is 0 Å². The number of nitrogens with zero attached hydrogens (tertiary/aromatic N) is 1. The lowest BCUT2D eigenvalue weighted by Crippen LogP contribution is -2.40. The highest BCUT2D eigenvalue weighted by Gasteiger charge is 2.14. The average Bonchev–Trinajstić information content (AvgIpc) is 3.11. The number of hydrogen-bond acceptors (Lipinski definition) is 5. The van der Waals surface area contributed by atoms with Crippen molar-refractivity contribution in [2.45, 2.75) is 13.5 Å². The molecule has 0 atom stereocenters. The van der Waals surface area contributed by atoms with E-state index < -0.39 is 0 Å². The SMILES string of the molecule is CC(=O)c1cccc(OCC(=O)N(C)CC(=O)NCc2ccco2)c1. The van der Waals surface area contributed by atoms with Crippen LogP contribution in [0.5, 0.6) is 5.75 Å². The van der Waals surface area contributed by atoms with Gasteiger partial charge in [-0.3, -0.25) is 14.4 Å². The summed E-state index contributed by atoms with van der Waals surface area (Å²) in [5.74, 6) is 0.335. The molecular formula is C18H20N2O5. The van der Waals surface area contributed by atoms with Crippen molar-refractivity contribution in [3.05, 3.63) is 54.0 Å². The molecule has 7 nitrogen and oxygen atoms in total. The molecular weight excluding hydrogens is 324 g/mol. The zero-order valence-corrected chi connectivity index (χ0v) is 14.2. The molecule has 0 bridgehead atoms. The fourth-order valence-corrected chi connectivity index (χ4v) is 2.02. The van der Waals surface area contributed by atoms with Crippen LogP contribution in [0.15, 0.2) is 47.1 Å². The van der Waals surface area contributed by atoms with Crippen molar-refractivity contribution in [3.8, 4) is 5.75 Å². The quantitative estimate of drug-likeness (QED) is 0.735. The van der Waals surface area contributed by atoms with E-state index in [-0.39, 0.29) is 37.3 Å². The Kier molecular flexibility index (Phi) is 6.33. The summed E-state index contributed by atoms with van der Waals surface area (Å²) in [6.07, 6.45) is 1.52. The van der Waals surface area contributed by atoms with Crippen molar-refractivity contribution < 1.29 is 23.5 Å². The summed E-state index contributed by atoms with van der Waals surface area (Å²) in [6.45, 7) is 1.42. The van der Waals surface area contributed by atoms with Crippen molar-refractivity contribution in [1.29, 1.82) is 0 Å². The van der Waals surface area contributed by atoms with Gasteiger partial charge in [-0.05, 0) is 31.2 Å². The van der Waals surface area contributed by atoms with E-state index in [0.29, 0.717) is 17.1 Å². The summed E-state index contributed by atoms with van der Waals surface area (Å²) in [5.41, 5.74) is 0.510. The van der Waals surface area contributed by atoms with Gasteiger partial charge in [0.05, 0.1) is 19.4 Å². The minimum absolute atomic E-state index is 0.0814. The van der Waals surface area contributed by atoms with E-state index in [0.717, 1.165) is 0 Å². The number of rotatable bonds is 8. The number of ether oxygens (including phenoxy) is 1. The Hall–Kier alpha value is -3.09. The number of nitrogens with one attached hydrogen (secondary N) is 1. The standard InChI is InChI=1S/C18H20N2O5/c1-13(21)14-5-3-6-15(9-14)25-12-18(23)20(2)11-17(22)19-10-16-7-4-8-24-16/h3-9H,10-12H2,1-2H3,(H,19,22). The summed E-state index contributed by atoms with van der Waals surface area (Å²) in [4.78, 5) is 36.5. The van der Waals surface area contributed by atoms with E-state index >= 15 is 0 Å². The van der Waals surface area contributed by atoms with Crippen molar-refractivity contribution in [3.63, 3.8) is 0 Å². The van der Waals surface area contributed by atoms with Crippen molar-refractivity contribution in [1.82, 2.24) is 10.2 Å². The van der Waals surface area contributed by atoms with E-state index in [1.54, 1.807) is 36.4 Å². The van der Waals surface area contributed by atoms with Crippen LogP contribution in [0, 0.1) is 0 Å². The Morgan fingerprint density at radius 1 is 1.20 bits per heavy atom. The van der Waals surface area contributed by atoms with Crippen LogP contribution in [-0.2, 0) is 16.1 Å². The van der Waals surface area contributed by atoms with Crippen LogP contribution in [0.1, 0.15) is 23.0 Å². The first-order chi connectivity index (χ1) is 12.0. The van der Waals surface area contributed by atoms with Gasteiger partial charge in [-0.1, -0.05) is 12.1 Å². The lowest BCUT2D eigenvalue weighted by molar-refractivity contribution is -0.136. The smallest absolute Gasteiger partial charge is 0.260 e. The zero-order chi connectivity index (χ0) is 18.2. The van der Waals surface area contributed by atoms with Gasteiger partial charge in [0.2, 0.25) is 5.91 Å². The molecule has 0 radical (unpaired) electrons. The first-order valence-electron chi connectivity index (χ1n) is 7.72. The summed E-state index contributed by atoms with van der Waals surface area (Å²) in [7, 11) is 1.52. The number of likely N-dealkylation sites (N-methyl/N-ethyl adjacent to an activating group) is 1. The fraction of sp³-hybridized carbons (Fsp3) is 0.278. The van der Waals surface area contributed by atoms with Crippen molar-refractivity contribution in [2.24, 2.45) is 0 Å². The molecule has 7 heteroatoms. The van der Waals surface area contributed by atoms with Crippen LogP contribution in [0.2, 0.25) is 0 Å². The van der Waals surface area contributed by atoms with Crippen LogP contribution in [0.4, 0.5) is 0 Å². The molecule has 0 saturated heterocycles.